The van der Waals surface area contributed by atoms with Gasteiger partial charge >= 0.3 is 0 Å². The first-order valence-corrected chi connectivity index (χ1v) is 6.71. The summed E-state index contributed by atoms with van der Waals surface area (Å²) in [5.41, 5.74) is 0.537. The highest BCUT2D eigenvalue weighted by atomic mass is 19.1. The first-order valence-electron chi connectivity index (χ1n) is 6.71. The van der Waals surface area contributed by atoms with E-state index in [-0.39, 0.29) is 11.7 Å². The Hall–Kier alpha value is -2.18. The standard InChI is InChI=1S/C13H16FN5O/c1-9(12(20)18-6-2-3-7-18)15-13-16-11-5-4-10(14)8-19(11)17-13/h4-5,8-9H,2-3,6-7H2,1H3,(H,15,17). The minimum absolute atomic E-state index is 0.0486. The van der Waals surface area contributed by atoms with Crippen molar-refractivity contribution in [3.63, 3.8) is 0 Å². The van der Waals surface area contributed by atoms with Gasteiger partial charge in [0.15, 0.2) is 5.65 Å². The fraction of sp³-hybridized carbons (Fsp3) is 0.462. The topological polar surface area (TPSA) is 62.5 Å². The summed E-state index contributed by atoms with van der Waals surface area (Å²) in [6, 6.07) is 2.47. The Labute approximate surface area is 115 Å². The molecule has 2 aromatic rings. The highest BCUT2D eigenvalue weighted by molar-refractivity contribution is 5.84. The lowest BCUT2D eigenvalue weighted by molar-refractivity contribution is -0.130. The zero-order chi connectivity index (χ0) is 14.1. The molecule has 1 N–H and O–H groups in total. The second-order valence-electron chi connectivity index (χ2n) is 4.98. The van der Waals surface area contributed by atoms with Crippen molar-refractivity contribution in [2.24, 2.45) is 0 Å². The Kier molecular flexibility index (Phi) is 3.25. The maximum absolute atomic E-state index is 13.1. The summed E-state index contributed by atoms with van der Waals surface area (Å²) in [6.07, 6.45) is 3.37. The van der Waals surface area contributed by atoms with Gasteiger partial charge in [-0.2, -0.15) is 4.98 Å². The lowest BCUT2D eigenvalue weighted by atomic mass is 10.3. The van der Waals surface area contributed by atoms with Crippen LogP contribution in [0.5, 0.6) is 0 Å². The summed E-state index contributed by atoms with van der Waals surface area (Å²) >= 11 is 0. The number of hydrogen-bond donors (Lipinski definition) is 1. The highest BCUT2D eigenvalue weighted by Crippen LogP contribution is 2.12. The molecule has 3 rings (SSSR count). The summed E-state index contributed by atoms with van der Waals surface area (Å²) in [7, 11) is 0. The van der Waals surface area contributed by atoms with Crippen LogP contribution in [0.2, 0.25) is 0 Å². The molecule has 106 valence electrons. The van der Waals surface area contributed by atoms with Gasteiger partial charge in [-0.3, -0.25) is 4.79 Å². The molecule has 7 heteroatoms. The zero-order valence-electron chi connectivity index (χ0n) is 11.2. The monoisotopic (exact) mass is 277 g/mol. The van der Waals surface area contributed by atoms with Crippen LogP contribution in [0.15, 0.2) is 18.3 Å². The fourth-order valence-electron chi connectivity index (χ4n) is 2.39. The summed E-state index contributed by atoms with van der Waals surface area (Å²) < 4.78 is 14.4. The predicted octanol–water partition coefficient (Wildman–Crippen LogP) is 1.29. The van der Waals surface area contributed by atoms with E-state index < -0.39 is 6.04 Å². The van der Waals surface area contributed by atoms with Crippen molar-refractivity contribution in [2.75, 3.05) is 18.4 Å². The summed E-state index contributed by atoms with van der Waals surface area (Å²) in [5, 5.41) is 7.08. The van der Waals surface area contributed by atoms with Crippen LogP contribution in [0.4, 0.5) is 10.3 Å². The van der Waals surface area contributed by atoms with Gasteiger partial charge < -0.3 is 10.2 Å². The van der Waals surface area contributed by atoms with Gasteiger partial charge in [0.05, 0.1) is 6.20 Å². The van der Waals surface area contributed by atoms with Crippen LogP contribution < -0.4 is 5.32 Å². The van der Waals surface area contributed by atoms with E-state index in [9.17, 15) is 9.18 Å². The molecule has 1 aliphatic heterocycles. The summed E-state index contributed by atoms with van der Waals surface area (Å²) in [4.78, 5) is 18.2. The third-order valence-electron chi connectivity index (χ3n) is 3.43. The molecule has 1 saturated heterocycles. The Morgan fingerprint density at radius 2 is 2.15 bits per heavy atom. The van der Waals surface area contributed by atoms with Gasteiger partial charge in [-0.05, 0) is 31.9 Å². The lowest BCUT2D eigenvalue weighted by Gasteiger charge is -2.20. The zero-order valence-corrected chi connectivity index (χ0v) is 11.2. The molecule has 1 fully saturated rings. The molecule has 0 aliphatic carbocycles. The molecule has 0 aromatic carbocycles. The quantitative estimate of drug-likeness (QED) is 0.918. The Bertz CT molecular complexity index is 635. The SMILES string of the molecule is CC(Nc1nc2ccc(F)cn2n1)C(=O)N1CCCC1. The maximum atomic E-state index is 13.1. The molecule has 3 heterocycles. The molecule has 0 spiro atoms. The molecule has 6 nitrogen and oxygen atoms in total. The van der Waals surface area contributed by atoms with Gasteiger partial charge in [-0.25, -0.2) is 8.91 Å². The number of amides is 1. The number of carbonyl (C=O) groups excluding carboxylic acids is 1. The van der Waals surface area contributed by atoms with Crippen LogP contribution in [0, 0.1) is 5.82 Å². The number of aromatic nitrogens is 3. The van der Waals surface area contributed by atoms with E-state index in [2.05, 4.69) is 15.4 Å². The minimum atomic E-state index is -0.393. The van der Waals surface area contributed by atoms with E-state index in [1.165, 1.54) is 16.8 Å². The number of fused-ring (bicyclic) bond motifs is 1. The van der Waals surface area contributed by atoms with Crippen molar-refractivity contribution >= 4 is 17.5 Å². The Balaban J connectivity index is 1.73. The number of hydrogen-bond acceptors (Lipinski definition) is 4. The largest absolute Gasteiger partial charge is 0.341 e. The van der Waals surface area contributed by atoms with E-state index in [0.717, 1.165) is 25.9 Å². The molecular weight excluding hydrogens is 261 g/mol. The van der Waals surface area contributed by atoms with E-state index in [0.29, 0.717) is 11.6 Å². The molecule has 2 aromatic heterocycles. The van der Waals surface area contributed by atoms with Crippen molar-refractivity contribution in [3.8, 4) is 0 Å². The van der Waals surface area contributed by atoms with Gasteiger partial charge in [-0.15, -0.1) is 5.10 Å². The number of nitrogens with one attached hydrogen (secondary N) is 1. The van der Waals surface area contributed by atoms with Crippen LogP contribution in [0.25, 0.3) is 5.65 Å². The number of rotatable bonds is 3. The average Bonchev–Trinajstić information content (AvgIpc) is 3.05. The average molecular weight is 277 g/mol. The third-order valence-corrected chi connectivity index (χ3v) is 3.43. The van der Waals surface area contributed by atoms with Crippen molar-refractivity contribution in [1.82, 2.24) is 19.5 Å². The van der Waals surface area contributed by atoms with E-state index >= 15 is 0 Å². The Morgan fingerprint density at radius 3 is 2.90 bits per heavy atom. The second-order valence-corrected chi connectivity index (χ2v) is 4.98. The highest BCUT2D eigenvalue weighted by Gasteiger charge is 2.23. The third kappa shape index (κ3) is 2.43. The number of anilines is 1. The van der Waals surface area contributed by atoms with Gasteiger partial charge in [-0.1, -0.05) is 0 Å². The molecule has 0 bridgehead atoms. The molecule has 1 aliphatic rings. The minimum Gasteiger partial charge on any atom is -0.341 e. The Morgan fingerprint density at radius 1 is 1.40 bits per heavy atom. The van der Waals surface area contributed by atoms with E-state index in [1.54, 1.807) is 13.0 Å². The van der Waals surface area contributed by atoms with Crippen molar-refractivity contribution in [2.45, 2.75) is 25.8 Å². The molecular formula is C13H16FN5O. The van der Waals surface area contributed by atoms with E-state index in [4.69, 9.17) is 0 Å². The van der Waals surface area contributed by atoms with Gasteiger partial charge in [0.1, 0.15) is 11.9 Å². The number of likely N-dealkylation sites (tertiary alicyclic amines) is 1. The molecule has 1 atom stereocenters. The summed E-state index contributed by atoms with van der Waals surface area (Å²) in [6.45, 7) is 3.41. The molecule has 1 unspecified atom stereocenters. The predicted molar refractivity (Wildman–Crippen MR) is 71.8 cm³/mol. The molecule has 20 heavy (non-hydrogen) atoms. The van der Waals surface area contributed by atoms with Crippen LogP contribution in [0.3, 0.4) is 0 Å². The first kappa shape index (κ1) is 12.8. The van der Waals surface area contributed by atoms with Gasteiger partial charge in [0.2, 0.25) is 11.9 Å². The number of halogens is 1. The number of carbonyl (C=O) groups is 1. The lowest BCUT2D eigenvalue weighted by Crippen LogP contribution is -2.39. The molecule has 1 amide bonds. The van der Waals surface area contributed by atoms with E-state index in [1.807, 2.05) is 4.90 Å². The smallest absolute Gasteiger partial charge is 0.244 e. The van der Waals surface area contributed by atoms with Crippen LogP contribution in [-0.4, -0.2) is 44.5 Å². The van der Waals surface area contributed by atoms with Gasteiger partial charge in [0, 0.05) is 13.1 Å². The van der Waals surface area contributed by atoms with Crippen LogP contribution >= 0.6 is 0 Å². The van der Waals surface area contributed by atoms with Crippen LogP contribution in [-0.2, 0) is 4.79 Å². The number of nitrogens with zero attached hydrogens (tertiary/aromatic N) is 4. The van der Waals surface area contributed by atoms with Crippen LogP contribution in [0.1, 0.15) is 19.8 Å². The second kappa shape index (κ2) is 5.07. The summed E-state index contributed by atoms with van der Waals surface area (Å²) in [5.74, 6) is -0.00155. The van der Waals surface area contributed by atoms with Crippen molar-refractivity contribution in [1.29, 1.82) is 0 Å². The van der Waals surface area contributed by atoms with Gasteiger partial charge in [0.25, 0.3) is 0 Å². The van der Waals surface area contributed by atoms with Crippen molar-refractivity contribution in [3.05, 3.63) is 24.1 Å². The van der Waals surface area contributed by atoms with Crippen molar-refractivity contribution < 1.29 is 9.18 Å². The number of pyridine rings is 1. The maximum Gasteiger partial charge on any atom is 0.244 e. The molecule has 0 saturated carbocycles. The molecule has 0 radical (unpaired) electrons. The fourth-order valence-corrected chi connectivity index (χ4v) is 2.39. The first-order chi connectivity index (χ1) is 9.63. The normalized spacial score (nSPS) is 16.6.